The molecule has 0 aliphatic carbocycles. The topological polar surface area (TPSA) is 108 Å². The zero-order valence-corrected chi connectivity index (χ0v) is 15.4. The van der Waals surface area contributed by atoms with Gasteiger partial charge in [-0.3, -0.25) is 25.4 Å². The fourth-order valence-electron chi connectivity index (χ4n) is 2.69. The van der Waals surface area contributed by atoms with Crippen LogP contribution in [-0.4, -0.2) is 42.6 Å². The van der Waals surface area contributed by atoms with E-state index in [4.69, 9.17) is 0 Å². The van der Waals surface area contributed by atoms with E-state index in [1.807, 2.05) is 0 Å². The number of nitrogens with one attached hydrogen (secondary N) is 2. The quantitative estimate of drug-likeness (QED) is 0.752. The van der Waals surface area contributed by atoms with Crippen molar-refractivity contribution in [3.63, 3.8) is 0 Å². The summed E-state index contributed by atoms with van der Waals surface area (Å²) in [6.45, 7) is 0.468. The van der Waals surface area contributed by atoms with Crippen molar-refractivity contribution in [1.82, 2.24) is 20.1 Å². The van der Waals surface area contributed by atoms with Gasteiger partial charge in [0.1, 0.15) is 9.90 Å². The number of thiophene rings is 1. The largest absolute Gasteiger partial charge is 0.288 e. The second kappa shape index (κ2) is 7.94. The Morgan fingerprint density at radius 2 is 2.04 bits per heavy atom. The Bertz CT molecular complexity index is 869. The van der Waals surface area contributed by atoms with Crippen molar-refractivity contribution in [2.45, 2.75) is 17.1 Å². The van der Waals surface area contributed by atoms with Crippen LogP contribution in [0.25, 0.3) is 0 Å². The Labute approximate surface area is 155 Å². The Kier molecular flexibility index (Phi) is 5.64. The van der Waals surface area contributed by atoms with Gasteiger partial charge < -0.3 is 0 Å². The molecule has 10 heteroatoms. The number of piperidine rings is 1. The molecular weight excluding hydrogens is 376 g/mol. The molecule has 3 rings (SSSR count). The average Bonchev–Trinajstić information content (AvgIpc) is 3.22. The molecule has 138 valence electrons. The number of pyridine rings is 1. The number of sulfonamides is 1. The smallest absolute Gasteiger partial charge is 0.273 e. The summed E-state index contributed by atoms with van der Waals surface area (Å²) in [5.41, 5.74) is 4.85. The second-order valence-corrected chi connectivity index (χ2v) is 8.91. The molecule has 0 bridgehead atoms. The van der Waals surface area contributed by atoms with Crippen LogP contribution in [0.1, 0.15) is 23.3 Å². The lowest BCUT2D eigenvalue weighted by atomic mass is 9.99. The van der Waals surface area contributed by atoms with Crippen LogP contribution in [0.2, 0.25) is 0 Å². The highest BCUT2D eigenvalue weighted by Crippen LogP contribution is 2.26. The van der Waals surface area contributed by atoms with E-state index in [9.17, 15) is 18.0 Å². The van der Waals surface area contributed by atoms with Crippen LogP contribution in [0.4, 0.5) is 0 Å². The molecule has 1 fully saturated rings. The lowest BCUT2D eigenvalue weighted by molar-refractivity contribution is -0.126. The molecule has 2 amide bonds. The van der Waals surface area contributed by atoms with Gasteiger partial charge in [0.05, 0.1) is 5.92 Å². The predicted molar refractivity (Wildman–Crippen MR) is 95.6 cm³/mol. The maximum Gasteiger partial charge on any atom is 0.288 e. The third-order valence-corrected chi connectivity index (χ3v) is 7.28. The van der Waals surface area contributed by atoms with E-state index in [1.165, 1.54) is 16.6 Å². The van der Waals surface area contributed by atoms with Gasteiger partial charge in [0.15, 0.2) is 0 Å². The SMILES string of the molecule is O=C(NNC(=O)[C@@H]1CCCN(S(=O)(=O)c2cccs2)C1)c1ccccn1. The van der Waals surface area contributed by atoms with E-state index in [-0.39, 0.29) is 16.4 Å². The number of hydrogen-bond acceptors (Lipinski definition) is 6. The Morgan fingerprint density at radius 1 is 1.19 bits per heavy atom. The van der Waals surface area contributed by atoms with Gasteiger partial charge in [0.2, 0.25) is 5.91 Å². The van der Waals surface area contributed by atoms with Gasteiger partial charge in [-0.25, -0.2) is 8.42 Å². The minimum atomic E-state index is -3.58. The van der Waals surface area contributed by atoms with Gasteiger partial charge in [-0.15, -0.1) is 11.3 Å². The monoisotopic (exact) mass is 394 g/mol. The molecule has 0 radical (unpaired) electrons. The summed E-state index contributed by atoms with van der Waals surface area (Å²) < 4.78 is 26.8. The Balaban J connectivity index is 1.59. The van der Waals surface area contributed by atoms with Crippen LogP contribution in [0.5, 0.6) is 0 Å². The summed E-state index contributed by atoms with van der Waals surface area (Å²) in [4.78, 5) is 28.1. The highest BCUT2D eigenvalue weighted by molar-refractivity contribution is 7.91. The number of carbonyl (C=O) groups excluding carboxylic acids is 2. The van der Waals surface area contributed by atoms with Gasteiger partial charge >= 0.3 is 0 Å². The minimum Gasteiger partial charge on any atom is -0.273 e. The Morgan fingerprint density at radius 3 is 2.73 bits per heavy atom. The summed E-state index contributed by atoms with van der Waals surface area (Å²) in [7, 11) is -3.58. The number of amides is 2. The molecule has 1 atom stereocenters. The number of hydrazine groups is 1. The summed E-state index contributed by atoms with van der Waals surface area (Å²) in [6, 6.07) is 8.10. The minimum absolute atomic E-state index is 0.0888. The van der Waals surface area contributed by atoms with Gasteiger partial charge in [-0.2, -0.15) is 4.31 Å². The normalized spacial score (nSPS) is 18.2. The summed E-state index contributed by atoms with van der Waals surface area (Å²) >= 11 is 1.15. The van der Waals surface area contributed by atoms with Gasteiger partial charge in [0, 0.05) is 19.3 Å². The average molecular weight is 394 g/mol. The first-order valence-corrected chi connectivity index (χ1v) is 10.4. The maximum absolute atomic E-state index is 12.6. The standard InChI is InChI=1S/C16H18N4O4S2/c21-15(18-19-16(22)13-6-1-2-8-17-13)12-5-3-9-20(11-12)26(23,24)14-7-4-10-25-14/h1-2,4,6-8,10,12H,3,5,9,11H2,(H,18,21)(H,19,22)/t12-/m1/s1. The molecule has 2 aromatic rings. The molecule has 2 aromatic heterocycles. The van der Waals surface area contributed by atoms with E-state index < -0.39 is 27.8 Å². The predicted octanol–water partition coefficient (Wildman–Crippen LogP) is 1.00. The molecule has 0 saturated carbocycles. The first-order chi connectivity index (χ1) is 12.5. The Hall–Kier alpha value is -2.30. The number of nitrogens with zero attached hydrogens (tertiary/aromatic N) is 2. The second-order valence-electron chi connectivity index (χ2n) is 5.79. The first kappa shape index (κ1) is 18.5. The molecule has 0 aromatic carbocycles. The van der Waals surface area contributed by atoms with Crippen molar-refractivity contribution >= 4 is 33.2 Å². The van der Waals surface area contributed by atoms with Crippen molar-refractivity contribution in [3.8, 4) is 0 Å². The zero-order valence-electron chi connectivity index (χ0n) is 13.8. The van der Waals surface area contributed by atoms with E-state index in [1.54, 1.807) is 29.6 Å². The number of carbonyl (C=O) groups is 2. The van der Waals surface area contributed by atoms with Crippen molar-refractivity contribution in [2.24, 2.45) is 5.92 Å². The van der Waals surface area contributed by atoms with Crippen molar-refractivity contribution in [1.29, 1.82) is 0 Å². The number of aromatic nitrogens is 1. The molecule has 1 saturated heterocycles. The number of rotatable bonds is 4. The van der Waals surface area contributed by atoms with Gasteiger partial charge in [-0.05, 0) is 36.4 Å². The van der Waals surface area contributed by atoms with Crippen LogP contribution >= 0.6 is 11.3 Å². The summed E-state index contributed by atoms with van der Waals surface area (Å²) in [5, 5.41) is 1.70. The lowest BCUT2D eigenvalue weighted by Crippen LogP contribution is -2.50. The molecular formula is C16H18N4O4S2. The molecule has 3 heterocycles. The summed E-state index contributed by atoms with van der Waals surface area (Å²) in [5.74, 6) is -1.47. The van der Waals surface area contributed by atoms with E-state index in [0.717, 1.165) is 11.3 Å². The highest BCUT2D eigenvalue weighted by Gasteiger charge is 2.33. The zero-order chi connectivity index (χ0) is 18.6. The third kappa shape index (κ3) is 4.09. The third-order valence-electron chi connectivity index (χ3n) is 4.04. The van der Waals surface area contributed by atoms with Crippen LogP contribution < -0.4 is 10.9 Å². The van der Waals surface area contributed by atoms with Crippen LogP contribution in [-0.2, 0) is 14.8 Å². The molecule has 0 unspecified atom stereocenters. The first-order valence-electron chi connectivity index (χ1n) is 8.03. The fourth-order valence-corrected chi connectivity index (χ4v) is 5.36. The van der Waals surface area contributed by atoms with E-state index >= 15 is 0 Å². The lowest BCUT2D eigenvalue weighted by Gasteiger charge is -2.30. The van der Waals surface area contributed by atoms with Crippen LogP contribution in [0.3, 0.4) is 0 Å². The number of hydrogen-bond donors (Lipinski definition) is 2. The van der Waals surface area contributed by atoms with Crippen molar-refractivity contribution in [3.05, 3.63) is 47.6 Å². The van der Waals surface area contributed by atoms with Crippen molar-refractivity contribution in [2.75, 3.05) is 13.1 Å². The fraction of sp³-hybridized carbons (Fsp3) is 0.312. The van der Waals surface area contributed by atoms with Crippen LogP contribution in [0.15, 0.2) is 46.1 Å². The van der Waals surface area contributed by atoms with E-state index in [0.29, 0.717) is 19.4 Å². The maximum atomic E-state index is 12.6. The molecule has 8 nitrogen and oxygen atoms in total. The van der Waals surface area contributed by atoms with Gasteiger partial charge in [0.25, 0.3) is 15.9 Å². The van der Waals surface area contributed by atoms with Gasteiger partial charge in [-0.1, -0.05) is 12.1 Å². The molecule has 0 spiro atoms. The molecule has 1 aliphatic rings. The van der Waals surface area contributed by atoms with Crippen LogP contribution in [0, 0.1) is 5.92 Å². The molecule has 1 aliphatic heterocycles. The summed E-state index contributed by atoms with van der Waals surface area (Å²) in [6.07, 6.45) is 2.61. The van der Waals surface area contributed by atoms with Crippen molar-refractivity contribution < 1.29 is 18.0 Å². The van der Waals surface area contributed by atoms with E-state index in [2.05, 4.69) is 15.8 Å². The highest BCUT2D eigenvalue weighted by atomic mass is 32.2. The molecule has 26 heavy (non-hydrogen) atoms. The molecule has 2 N–H and O–H groups in total.